The normalized spacial score (nSPS) is 13.3. The lowest BCUT2D eigenvalue weighted by atomic mass is 10.1. The Bertz CT molecular complexity index is 1030. The summed E-state index contributed by atoms with van der Waals surface area (Å²) in [5.74, 6) is -0.0459. The van der Waals surface area contributed by atoms with E-state index >= 15 is 0 Å². The van der Waals surface area contributed by atoms with Crippen LogP contribution < -0.4 is 5.32 Å². The second-order valence-electron chi connectivity index (χ2n) is 7.26. The number of carbonyl (C=O) groups is 2. The van der Waals surface area contributed by atoms with E-state index in [0.29, 0.717) is 31.7 Å². The van der Waals surface area contributed by atoms with Gasteiger partial charge in [-0.15, -0.1) is 5.10 Å². The fraction of sp³-hybridized carbons (Fsp3) is 0.273. The highest BCUT2D eigenvalue weighted by molar-refractivity contribution is 5.79. The minimum absolute atomic E-state index is 0.0152. The lowest BCUT2D eigenvalue weighted by molar-refractivity contribution is -0.135. The minimum atomic E-state index is -0.0610. The second-order valence-corrected chi connectivity index (χ2v) is 7.26. The van der Waals surface area contributed by atoms with Crippen LogP contribution in [0.4, 0.5) is 0 Å². The van der Waals surface area contributed by atoms with E-state index in [-0.39, 0.29) is 18.4 Å². The molecule has 3 aromatic rings. The third-order valence-corrected chi connectivity index (χ3v) is 5.18. The van der Waals surface area contributed by atoms with Gasteiger partial charge >= 0.3 is 0 Å². The van der Waals surface area contributed by atoms with E-state index in [1.54, 1.807) is 9.58 Å². The van der Waals surface area contributed by atoms with Crippen LogP contribution >= 0.6 is 0 Å². The number of aromatic nitrogens is 3. The molecule has 0 saturated carbocycles. The number of carbonyl (C=O) groups excluding carboxylic acids is 2. The van der Waals surface area contributed by atoms with E-state index in [2.05, 4.69) is 15.6 Å². The van der Waals surface area contributed by atoms with E-state index < -0.39 is 0 Å². The molecule has 1 N–H and O–H groups in total. The summed E-state index contributed by atoms with van der Waals surface area (Å²) in [5.41, 5.74) is 4.76. The first-order chi connectivity index (χ1) is 14.1. The molecule has 1 aromatic heterocycles. The molecule has 2 amide bonds. The highest BCUT2D eigenvalue weighted by atomic mass is 16.2. The van der Waals surface area contributed by atoms with Crippen molar-refractivity contribution in [1.29, 1.82) is 0 Å². The van der Waals surface area contributed by atoms with Gasteiger partial charge < -0.3 is 10.2 Å². The summed E-state index contributed by atoms with van der Waals surface area (Å²) in [6.07, 6.45) is 0.328. The molecule has 7 heteroatoms. The van der Waals surface area contributed by atoms with Gasteiger partial charge in [0.15, 0.2) is 0 Å². The van der Waals surface area contributed by atoms with Crippen LogP contribution in [0, 0.1) is 6.92 Å². The number of aryl methyl sites for hydroxylation is 1. The number of nitrogens with one attached hydrogen (secondary N) is 1. The highest BCUT2D eigenvalue weighted by Crippen LogP contribution is 2.18. The van der Waals surface area contributed by atoms with E-state index in [1.165, 1.54) is 0 Å². The van der Waals surface area contributed by atoms with Crippen LogP contribution in [-0.2, 0) is 42.2 Å². The summed E-state index contributed by atoms with van der Waals surface area (Å²) < 4.78 is 1.63. The molecule has 0 fully saturated rings. The standard InChI is InChI=1S/C22H23N5O2/c1-16-7-5-6-10-18(16)11-21(28)23-12-19-20-14-26(13-17-8-3-2-4-9-17)22(29)15-27(20)25-24-19/h2-10H,11-15H2,1H3,(H,23,28). The summed E-state index contributed by atoms with van der Waals surface area (Å²) in [6.45, 7) is 3.45. The molecule has 0 bridgehead atoms. The topological polar surface area (TPSA) is 80.1 Å². The number of hydrogen-bond donors (Lipinski definition) is 1. The van der Waals surface area contributed by atoms with Crippen molar-refractivity contribution in [2.75, 3.05) is 0 Å². The average Bonchev–Trinajstić information content (AvgIpc) is 3.11. The van der Waals surface area contributed by atoms with Crippen LogP contribution in [0.3, 0.4) is 0 Å². The molecule has 29 heavy (non-hydrogen) atoms. The van der Waals surface area contributed by atoms with Gasteiger partial charge in [0.1, 0.15) is 12.2 Å². The highest BCUT2D eigenvalue weighted by Gasteiger charge is 2.27. The molecule has 4 rings (SSSR count). The number of rotatable bonds is 6. The summed E-state index contributed by atoms with van der Waals surface area (Å²) in [4.78, 5) is 26.6. The number of amides is 2. The van der Waals surface area contributed by atoms with Gasteiger partial charge in [-0.2, -0.15) is 0 Å². The van der Waals surface area contributed by atoms with Crippen LogP contribution in [0.15, 0.2) is 54.6 Å². The quantitative estimate of drug-likeness (QED) is 0.699. The summed E-state index contributed by atoms with van der Waals surface area (Å²) in [5, 5.41) is 11.2. The largest absolute Gasteiger partial charge is 0.350 e. The molecule has 0 atom stereocenters. The molecule has 1 aliphatic rings. The van der Waals surface area contributed by atoms with E-state index in [1.807, 2.05) is 61.5 Å². The maximum absolute atomic E-state index is 12.4. The summed E-state index contributed by atoms with van der Waals surface area (Å²) >= 11 is 0. The zero-order valence-corrected chi connectivity index (χ0v) is 16.3. The van der Waals surface area contributed by atoms with Crippen molar-refractivity contribution in [2.45, 2.75) is 39.5 Å². The van der Waals surface area contributed by atoms with Crippen molar-refractivity contribution >= 4 is 11.8 Å². The lowest BCUT2D eigenvalue weighted by Gasteiger charge is -2.27. The molecule has 0 radical (unpaired) electrons. The number of benzene rings is 2. The third kappa shape index (κ3) is 4.34. The monoisotopic (exact) mass is 389 g/mol. The van der Waals surface area contributed by atoms with Gasteiger partial charge in [-0.3, -0.25) is 9.59 Å². The first-order valence-corrected chi connectivity index (χ1v) is 9.64. The van der Waals surface area contributed by atoms with Gasteiger partial charge in [-0.05, 0) is 23.6 Å². The average molecular weight is 389 g/mol. The predicted octanol–water partition coefficient (Wildman–Crippen LogP) is 1.99. The molecule has 0 aliphatic carbocycles. The van der Waals surface area contributed by atoms with Gasteiger partial charge in [0.2, 0.25) is 11.8 Å². The summed E-state index contributed by atoms with van der Waals surface area (Å²) in [6, 6.07) is 17.7. The number of nitrogens with zero attached hydrogens (tertiary/aromatic N) is 4. The van der Waals surface area contributed by atoms with Crippen molar-refractivity contribution in [3.63, 3.8) is 0 Å². The zero-order valence-electron chi connectivity index (χ0n) is 16.3. The maximum Gasteiger partial charge on any atom is 0.245 e. The lowest BCUT2D eigenvalue weighted by Crippen LogP contribution is -2.39. The smallest absolute Gasteiger partial charge is 0.245 e. The molecule has 0 saturated heterocycles. The van der Waals surface area contributed by atoms with Crippen molar-refractivity contribution in [2.24, 2.45) is 0 Å². The van der Waals surface area contributed by atoms with Gasteiger partial charge in [-0.25, -0.2) is 4.68 Å². The molecule has 1 aliphatic heterocycles. The molecule has 2 heterocycles. The van der Waals surface area contributed by atoms with Crippen molar-refractivity contribution in [3.8, 4) is 0 Å². The fourth-order valence-corrected chi connectivity index (χ4v) is 3.48. The Balaban J connectivity index is 1.40. The van der Waals surface area contributed by atoms with Crippen molar-refractivity contribution < 1.29 is 9.59 Å². The number of fused-ring (bicyclic) bond motifs is 1. The number of hydrogen-bond acceptors (Lipinski definition) is 4. The molecule has 148 valence electrons. The predicted molar refractivity (Wildman–Crippen MR) is 107 cm³/mol. The first-order valence-electron chi connectivity index (χ1n) is 9.64. The third-order valence-electron chi connectivity index (χ3n) is 5.18. The van der Waals surface area contributed by atoms with Crippen molar-refractivity contribution in [3.05, 3.63) is 82.7 Å². The maximum atomic E-state index is 12.4. The molecule has 0 spiro atoms. The van der Waals surface area contributed by atoms with E-state index in [9.17, 15) is 9.59 Å². The molecule has 7 nitrogen and oxygen atoms in total. The second kappa shape index (κ2) is 8.26. The Morgan fingerprint density at radius 3 is 2.62 bits per heavy atom. The Morgan fingerprint density at radius 1 is 1.07 bits per heavy atom. The van der Waals surface area contributed by atoms with Crippen LogP contribution in [0.25, 0.3) is 0 Å². The SMILES string of the molecule is Cc1ccccc1CC(=O)NCc1nnn2c1CN(Cc1ccccc1)C(=O)C2. The molecule has 2 aromatic carbocycles. The molecule has 0 unspecified atom stereocenters. The Morgan fingerprint density at radius 2 is 1.83 bits per heavy atom. The van der Waals surface area contributed by atoms with Crippen LogP contribution in [0.1, 0.15) is 28.1 Å². The van der Waals surface area contributed by atoms with E-state index in [4.69, 9.17) is 0 Å². The van der Waals surface area contributed by atoms with Crippen molar-refractivity contribution in [1.82, 2.24) is 25.2 Å². The first kappa shape index (κ1) is 18.9. The van der Waals surface area contributed by atoms with E-state index in [0.717, 1.165) is 22.4 Å². The minimum Gasteiger partial charge on any atom is -0.350 e. The zero-order chi connectivity index (χ0) is 20.2. The Kier molecular flexibility index (Phi) is 5.37. The van der Waals surface area contributed by atoms with Gasteiger partial charge in [0, 0.05) is 6.54 Å². The summed E-state index contributed by atoms with van der Waals surface area (Å²) in [7, 11) is 0. The van der Waals surface area contributed by atoms with Crippen LogP contribution in [0.2, 0.25) is 0 Å². The van der Waals surface area contributed by atoms with Crippen LogP contribution in [-0.4, -0.2) is 31.7 Å². The Hall–Kier alpha value is -3.48. The van der Waals surface area contributed by atoms with Crippen LogP contribution in [0.5, 0.6) is 0 Å². The van der Waals surface area contributed by atoms with Gasteiger partial charge in [0.25, 0.3) is 0 Å². The molecular weight excluding hydrogens is 366 g/mol. The molecular formula is C22H23N5O2. The fourth-order valence-electron chi connectivity index (χ4n) is 3.48. The van der Waals surface area contributed by atoms with Gasteiger partial charge in [-0.1, -0.05) is 59.8 Å². The Labute approximate surface area is 169 Å². The van der Waals surface area contributed by atoms with Gasteiger partial charge in [0.05, 0.1) is 25.2 Å².